The van der Waals surface area contributed by atoms with Crippen molar-refractivity contribution in [3.63, 3.8) is 0 Å². The number of aryl methyl sites for hydroxylation is 1. The van der Waals surface area contributed by atoms with Crippen molar-refractivity contribution >= 4 is 5.82 Å². The summed E-state index contributed by atoms with van der Waals surface area (Å²) in [6, 6.07) is 10.7. The molecule has 1 aromatic carbocycles. The van der Waals surface area contributed by atoms with Gasteiger partial charge in [-0.25, -0.2) is 4.98 Å². The predicted molar refractivity (Wildman–Crippen MR) is 91.9 cm³/mol. The fraction of sp³-hybridized carbons (Fsp3) is 0.400. The molecule has 3 aliphatic rings. The third-order valence-corrected chi connectivity index (χ3v) is 6.06. The molecule has 3 heteroatoms. The molecule has 0 radical (unpaired) electrons. The third-order valence-electron chi connectivity index (χ3n) is 6.06. The van der Waals surface area contributed by atoms with Crippen LogP contribution in [0.3, 0.4) is 0 Å². The van der Waals surface area contributed by atoms with E-state index in [0.29, 0.717) is 28.6 Å². The number of nitrogen functional groups attached to an aromatic ring is 1. The van der Waals surface area contributed by atoms with E-state index in [1.807, 2.05) is 0 Å². The van der Waals surface area contributed by atoms with E-state index in [1.54, 1.807) is 0 Å². The zero-order valence-corrected chi connectivity index (χ0v) is 13.9. The molecule has 5 rings (SSSR count). The summed E-state index contributed by atoms with van der Waals surface area (Å²) in [5, 5.41) is 9.63. The molecule has 1 heterocycles. The molecule has 0 aliphatic heterocycles. The van der Waals surface area contributed by atoms with Crippen LogP contribution in [0.5, 0.6) is 0 Å². The maximum atomic E-state index is 9.63. The van der Waals surface area contributed by atoms with Crippen LogP contribution in [0.1, 0.15) is 48.6 Å². The first-order valence-corrected chi connectivity index (χ1v) is 8.23. The second-order valence-corrected chi connectivity index (χ2v) is 7.60. The summed E-state index contributed by atoms with van der Waals surface area (Å²) in [4.78, 5) is 4.66. The maximum absolute atomic E-state index is 9.63. The highest BCUT2D eigenvalue weighted by Gasteiger charge is 2.54. The van der Waals surface area contributed by atoms with Crippen LogP contribution in [0.2, 0.25) is 0 Å². The van der Waals surface area contributed by atoms with E-state index < -0.39 is 0 Å². The lowest BCUT2D eigenvalue weighted by Crippen LogP contribution is -2.48. The van der Waals surface area contributed by atoms with Gasteiger partial charge in [0.2, 0.25) is 0 Å². The van der Waals surface area contributed by atoms with Gasteiger partial charge in [-0.2, -0.15) is 5.26 Å². The SMILES string of the molecule is Cc1ccc(-c2c(C#N)c(N)nc3c2C[C@H]2C[C@@H]3C2(C)C)cc1. The lowest BCUT2D eigenvalue weighted by atomic mass is 9.48. The molecule has 2 N–H and O–H groups in total. The van der Waals surface area contributed by atoms with Gasteiger partial charge in [-0.3, -0.25) is 0 Å². The molecule has 0 unspecified atom stereocenters. The number of aromatic nitrogens is 1. The van der Waals surface area contributed by atoms with Gasteiger partial charge in [-0.05, 0) is 42.2 Å². The highest BCUT2D eigenvalue weighted by atomic mass is 14.9. The monoisotopic (exact) mass is 303 g/mol. The summed E-state index contributed by atoms with van der Waals surface area (Å²) < 4.78 is 0. The minimum absolute atomic E-state index is 0.297. The minimum atomic E-state index is 0.297. The van der Waals surface area contributed by atoms with Crippen LogP contribution in [0.4, 0.5) is 5.82 Å². The van der Waals surface area contributed by atoms with Crippen LogP contribution in [0.25, 0.3) is 11.1 Å². The second-order valence-electron chi connectivity index (χ2n) is 7.60. The molecule has 0 saturated heterocycles. The number of nitriles is 1. The van der Waals surface area contributed by atoms with E-state index in [0.717, 1.165) is 23.2 Å². The van der Waals surface area contributed by atoms with Crippen LogP contribution < -0.4 is 5.73 Å². The molecule has 1 aromatic heterocycles. The standard InChI is InChI=1S/C20H21N3/c1-11-4-6-12(7-5-11)17-14-8-13-9-16(20(13,2)3)18(14)23-19(22)15(17)10-21/h4-7,13,16H,8-9H2,1-3H3,(H2,22,23)/t13-,16-/m0/s1. The first-order chi connectivity index (χ1) is 10.9. The summed E-state index contributed by atoms with van der Waals surface area (Å²) in [5.74, 6) is 1.53. The summed E-state index contributed by atoms with van der Waals surface area (Å²) >= 11 is 0. The van der Waals surface area contributed by atoms with Crippen LogP contribution >= 0.6 is 0 Å². The average Bonchev–Trinajstić information content (AvgIpc) is 2.53. The Morgan fingerprint density at radius 1 is 1.26 bits per heavy atom. The molecule has 0 amide bonds. The quantitative estimate of drug-likeness (QED) is 0.859. The third kappa shape index (κ3) is 1.84. The van der Waals surface area contributed by atoms with Gasteiger partial charge in [0.05, 0.1) is 5.69 Å². The number of nitrogens with two attached hydrogens (primary N) is 1. The molecular formula is C20H21N3. The predicted octanol–water partition coefficient (Wildman–Crippen LogP) is 4.20. The van der Waals surface area contributed by atoms with E-state index in [1.165, 1.54) is 17.5 Å². The van der Waals surface area contributed by atoms with Crippen molar-refractivity contribution < 1.29 is 0 Å². The largest absolute Gasteiger partial charge is 0.383 e. The maximum Gasteiger partial charge on any atom is 0.142 e. The average molecular weight is 303 g/mol. The Morgan fingerprint density at radius 2 is 1.96 bits per heavy atom. The van der Waals surface area contributed by atoms with Crippen LogP contribution in [-0.2, 0) is 6.42 Å². The topological polar surface area (TPSA) is 62.7 Å². The molecule has 2 bridgehead atoms. The molecule has 2 atom stereocenters. The van der Waals surface area contributed by atoms with Crippen LogP contribution in [0.15, 0.2) is 24.3 Å². The molecule has 116 valence electrons. The van der Waals surface area contributed by atoms with E-state index in [-0.39, 0.29) is 0 Å². The summed E-state index contributed by atoms with van der Waals surface area (Å²) in [5.41, 5.74) is 12.7. The van der Waals surface area contributed by atoms with Gasteiger partial charge in [-0.15, -0.1) is 0 Å². The molecule has 3 nitrogen and oxygen atoms in total. The molecular weight excluding hydrogens is 282 g/mol. The first kappa shape index (κ1) is 14.3. The van der Waals surface area contributed by atoms with E-state index >= 15 is 0 Å². The van der Waals surface area contributed by atoms with Crippen molar-refractivity contribution in [1.29, 1.82) is 5.26 Å². The van der Waals surface area contributed by atoms with Crippen LogP contribution in [-0.4, -0.2) is 4.98 Å². The molecule has 2 aromatic rings. The lowest BCUT2D eigenvalue weighted by Gasteiger charge is -2.56. The molecule has 0 spiro atoms. The second kappa shape index (κ2) is 4.58. The highest BCUT2D eigenvalue weighted by Crippen LogP contribution is 2.63. The summed E-state index contributed by atoms with van der Waals surface area (Å²) in [6.07, 6.45) is 2.20. The van der Waals surface area contributed by atoms with E-state index in [2.05, 4.69) is 56.1 Å². The molecule has 1 saturated carbocycles. The number of hydrogen-bond acceptors (Lipinski definition) is 3. The van der Waals surface area contributed by atoms with Gasteiger partial charge >= 0.3 is 0 Å². The lowest BCUT2D eigenvalue weighted by molar-refractivity contribution is 0.0158. The summed E-state index contributed by atoms with van der Waals surface area (Å²) in [6.45, 7) is 6.73. The molecule has 3 aliphatic carbocycles. The fourth-order valence-electron chi connectivity index (χ4n) is 4.38. The van der Waals surface area contributed by atoms with Gasteiger partial charge in [0.15, 0.2) is 0 Å². The van der Waals surface area contributed by atoms with Crippen molar-refractivity contribution in [2.24, 2.45) is 11.3 Å². The van der Waals surface area contributed by atoms with Crippen molar-refractivity contribution in [3.05, 3.63) is 46.6 Å². The molecule has 1 fully saturated rings. The number of hydrogen-bond donors (Lipinski definition) is 1. The number of nitrogens with zero attached hydrogens (tertiary/aromatic N) is 2. The zero-order valence-electron chi connectivity index (χ0n) is 13.9. The Morgan fingerprint density at radius 3 is 2.57 bits per heavy atom. The van der Waals surface area contributed by atoms with Gasteiger partial charge < -0.3 is 5.73 Å². The normalized spacial score (nSPS) is 23.6. The number of anilines is 1. The Balaban J connectivity index is 1.99. The van der Waals surface area contributed by atoms with Gasteiger partial charge in [0.1, 0.15) is 17.5 Å². The smallest absolute Gasteiger partial charge is 0.142 e. The van der Waals surface area contributed by atoms with E-state index in [4.69, 9.17) is 5.73 Å². The number of pyridine rings is 1. The van der Waals surface area contributed by atoms with Crippen LogP contribution in [0, 0.1) is 29.6 Å². The Kier molecular flexibility index (Phi) is 2.84. The van der Waals surface area contributed by atoms with E-state index in [9.17, 15) is 5.26 Å². The van der Waals surface area contributed by atoms with Crippen molar-refractivity contribution in [2.75, 3.05) is 5.73 Å². The molecule has 23 heavy (non-hydrogen) atoms. The van der Waals surface area contributed by atoms with Gasteiger partial charge in [0, 0.05) is 11.5 Å². The number of benzene rings is 1. The summed E-state index contributed by atoms with van der Waals surface area (Å²) in [7, 11) is 0. The minimum Gasteiger partial charge on any atom is -0.383 e. The van der Waals surface area contributed by atoms with Crippen molar-refractivity contribution in [1.82, 2.24) is 4.98 Å². The van der Waals surface area contributed by atoms with Gasteiger partial charge in [-0.1, -0.05) is 43.7 Å². The van der Waals surface area contributed by atoms with Crippen molar-refractivity contribution in [3.8, 4) is 17.2 Å². The zero-order chi connectivity index (χ0) is 16.4. The van der Waals surface area contributed by atoms with Gasteiger partial charge in [0.25, 0.3) is 0 Å². The Labute approximate surface area is 137 Å². The highest BCUT2D eigenvalue weighted by molar-refractivity contribution is 5.80. The fourth-order valence-corrected chi connectivity index (χ4v) is 4.38. The Hall–Kier alpha value is -2.34. The first-order valence-electron chi connectivity index (χ1n) is 8.23. The number of rotatable bonds is 1. The van der Waals surface area contributed by atoms with Crippen molar-refractivity contribution in [2.45, 2.75) is 39.5 Å². The Bertz CT molecular complexity index is 841.